The Kier molecular flexibility index (Phi) is 10.8. The lowest BCUT2D eigenvalue weighted by Crippen LogP contribution is -2.53. The highest BCUT2D eigenvalue weighted by molar-refractivity contribution is 6.76. The molecule has 1 N–H and O–H groups in total. The molecule has 1 aromatic carbocycles. The first-order valence-corrected chi connectivity index (χ1v) is 18.9. The number of benzene rings is 1. The number of rotatable bonds is 11. The van der Waals surface area contributed by atoms with Gasteiger partial charge in [0.1, 0.15) is 12.5 Å². The number of carbonyl (C=O) groups excluding carboxylic acids is 1. The monoisotopic (exact) mass is 572 g/mol. The van der Waals surface area contributed by atoms with Crippen molar-refractivity contribution in [1.29, 1.82) is 0 Å². The average molecular weight is 573 g/mol. The predicted molar refractivity (Wildman–Crippen MR) is 160 cm³/mol. The van der Waals surface area contributed by atoms with Crippen LogP contribution in [0, 0.1) is 12.7 Å². The summed E-state index contributed by atoms with van der Waals surface area (Å²) in [6, 6.07) is 8.04. The maximum atomic E-state index is 13.7. The summed E-state index contributed by atoms with van der Waals surface area (Å²) in [5.41, 5.74) is 3.27. The minimum Gasteiger partial charge on any atom is -0.376 e. The molecule has 2 unspecified atom stereocenters. The summed E-state index contributed by atoms with van der Waals surface area (Å²) in [6.45, 7) is 14.2. The Balaban J connectivity index is 1.41. The molecule has 2 amide bonds. The minimum absolute atomic E-state index is 0.0256. The number of hydrogen-bond donors (Lipinski definition) is 1. The van der Waals surface area contributed by atoms with Gasteiger partial charge in [-0.1, -0.05) is 31.8 Å². The number of piperidine rings is 1. The van der Waals surface area contributed by atoms with Crippen molar-refractivity contribution in [2.24, 2.45) is 0 Å². The van der Waals surface area contributed by atoms with E-state index in [0.717, 1.165) is 74.5 Å². The number of ether oxygens (including phenoxy) is 2. The van der Waals surface area contributed by atoms with Gasteiger partial charge in [0.25, 0.3) is 0 Å². The smallest absolute Gasteiger partial charge is 0.317 e. The van der Waals surface area contributed by atoms with E-state index in [9.17, 15) is 9.18 Å². The second-order valence-corrected chi connectivity index (χ2v) is 18.4. The van der Waals surface area contributed by atoms with Crippen molar-refractivity contribution < 1.29 is 18.7 Å². The highest BCUT2D eigenvalue weighted by Crippen LogP contribution is 2.37. The predicted octanol–water partition coefficient (Wildman–Crippen LogP) is 6.66. The van der Waals surface area contributed by atoms with Gasteiger partial charge in [-0.15, -0.1) is 0 Å². The molecule has 1 saturated heterocycles. The van der Waals surface area contributed by atoms with Crippen molar-refractivity contribution >= 4 is 14.1 Å². The van der Waals surface area contributed by atoms with E-state index < -0.39 is 8.07 Å². The summed E-state index contributed by atoms with van der Waals surface area (Å²) in [6.07, 6.45) is 8.01. The van der Waals surface area contributed by atoms with Gasteiger partial charge in [-0.3, -0.25) is 0 Å². The number of likely N-dealkylation sites (tertiary alicyclic amines) is 1. The van der Waals surface area contributed by atoms with Gasteiger partial charge in [0.15, 0.2) is 0 Å². The molecule has 9 heteroatoms. The molecule has 2 atom stereocenters. The molecule has 7 nitrogen and oxygen atoms in total. The van der Waals surface area contributed by atoms with E-state index >= 15 is 0 Å². The Bertz CT molecular complexity index is 1100. The third-order valence-corrected chi connectivity index (χ3v) is 10.1. The van der Waals surface area contributed by atoms with Crippen LogP contribution in [0.5, 0.6) is 0 Å². The topological polar surface area (TPSA) is 68.6 Å². The minimum atomic E-state index is -1.14. The molecule has 2 aromatic rings. The summed E-state index contributed by atoms with van der Waals surface area (Å²) < 4.78 is 28.1. The fraction of sp³-hybridized carbons (Fsp3) is 0.677. The lowest BCUT2D eigenvalue weighted by molar-refractivity contribution is -0.0172. The molecule has 2 fully saturated rings. The fourth-order valence-electron chi connectivity index (χ4n) is 6.15. The number of aryl methyl sites for hydroxylation is 1. The maximum Gasteiger partial charge on any atom is 0.317 e. The molecule has 40 heavy (non-hydrogen) atoms. The summed E-state index contributed by atoms with van der Waals surface area (Å²) in [5, 5.41) is 7.97. The number of halogens is 1. The van der Waals surface area contributed by atoms with E-state index in [-0.39, 0.29) is 29.9 Å². The summed E-state index contributed by atoms with van der Waals surface area (Å²) >= 11 is 0. The SMILES string of the molecule is CCNC(=O)N1CCCC(c2nn(COCC[Si](C)(C)C)cc2C)C1COC1CCC(c2cccc(F)c2)CC1. The van der Waals surface area contributed by atoms with Crippen LogP contribution < -0.4 is 5.32 Å². The van der Waals surface area contributed by atoms with Crippen LogP contribution in [-0.4, -0.2) is 67.2 Å². The Morgan fingerprint density at radius 1 is 1.18 bits per heavy atom. The third kappa shape index (κ3) is 8.39. The normalized spacial score (nSPS) is 23.8. The van der Waals surface area contributed by atoms with Crippen LogP contribution in [-0.2, 0) is 16.2 Å². The highest BCUT2D eigenvalue weighted by atomic mass is 28.3. The number of urea groups is 1. The highest BCUT2D eigenvalue weighted by Gasteiger charge is 2.38. The van der Waals surface area contributed by atoms with Crippen LogP contribution in [0.1, 0.15) is 74.1 Å². The molecule has 1 saturated carbocycles. The number of amides is 2. The zero-order chi connectivity index (χ0) is 28.7. The van der Waals surface area contributed by atoms with Gasteiger partial charge < -0.3 is 19.7 Å². The van der Waals surface area contributed by atoms with Crippen LogP contribution >= 0.6 is 0 Å². The first kappa shape index (κ1) is 30.7. The molecule has 4 rings (SSSR count). The molecule has 222 valence electrons. The third-order valence-electron chi connectivity index (χ3n) is 8.42. The van der Waals surface area contributed by atoms with Crippen LogP contribution in [0.4, 0.5) is 9.18 Å². The Labute approximate surface area is 240 Å². The van der Waals surface area contributed by atoms with Gasteiger partial charge in [-0.25, -0.2) is 13.9 Å². The average Bonchev–Trinajstić information content (AvgIpc) is 3.29. The summed E-state index contributed by atoms with van der Waals surface area (Å²) in [4.78, 5) is 15.1. The van der Waals surface area contributed by atoms with Crippen LogP contribution in [0.3, 0.4) is 0 Å². The lowest BCUT2D eigenvalue weighted by Gasteiger charge is -2.41. The van der Waals surface area contributed by atoms with E-state index in [4.69, 9.17) is 14.6 Å². The first-order chi connectivity index (χ1) is 19.1. The molecule has 1 aliphatic carbocycles. The zero-order valence-corrected chi connectivity index (χ0v) is 26.1. The van der Waals surface area contributed by atoms with E-state index in [2.05, 4.69) is 38.1 Å². The van der Waals surface area contributed by atoms with Gasteiger partial charge in [-0.2, -0.15) is 5.10 Å². The van der Waals surface area contributed by atoms with Crippen LogP contribution in [0.15, 0.2) is 30.5 Å². The number of aromatic nitrogens is 2. The van der Waals surface area contributed by atoms with E-state index in [1.807, 2.05) is 22.6 Å². The zero-order valence-electron chi connectivity index (χ0n) is 25.1. The van der Waals surface area contributed by atoms with Crippen molar-refractivity contribution in [2.45, 2.75) is 109 Å². The summed E-state index contributed by atoms with van der Waals surface area (Å²) in [7, 11) is -1.14. The van der Waals surface area contributed by atoms with Gasteiger partial charge >= 0.3 is 6.03 Å². The van der Waals surface area contributed by atoms with Gasteiger partial charge in [0, 0.05) is 39.9 Å². The van der Waals surface area contributed by atoms with Crippen molar-refractivity contribution in [3.05, 3.63) is 53.1 Å². The van der Waals surface area contributed by atoms with Gasteiger partial charge in [0.05, 0.1) is 24.4 Å². The van der Waals surface area contributed by atoms with Crippen molar-refractivity contribution in [1.82, 2.24) is 20.0 Å². The van der Waals surface area contributed by atoms with E-state index in [1.165, 1.54) is 6.07 Å². The second-order valence-electron chi connectivity index (χ2n) is 12.8. The molecule has 0 spiro atoms. The second kappa shape index (κ2) is 14.1. The van der Waals surface area contributed by atoms with E-state index in [1.54, 1.807) is 12.1 Å². The molecule has 0 radical (unpaired) electrons. The first-order valence-electron chi connectivity index (χ1n) is 15.2. The van der Waals surface area contributed by atoms with E-state index in [0.29, 0.717) is 25.8 Å². The van der Waals surface area contributed by atoms with Gasteiger partial charge in [0.2, 0.25) is 0 Å². The number of hydrogen-bond acceptors (Lipinski definition) is 4. The number of carbonyl (C=O) groups is 1. The molecule has 0 bridgehead atoms. The molecule has 2 aliphatic rings. The lowest BCUT2D eigenvalue weighted by atomic mass is 9.82. The Morgan fingerprint density at radius 3 is 2.65 bits per heavy atom. The van der Waals surface area contributed by atoms with Crippen LogP contribution in [0.2, 0.25) is 25.7 Å². The molecular weight excluding hydrogens is 523 g/mol. The van der Waals surface area contributed by atoms with Crippen molar-refractivity contribution in [3.8, 4) is 0 Å². The van der Waals surface area contributed by atoms with Gasteiger partial charge in [-0.05, 0) is 87.6 Å². The fourth-order valence-corrected chi connectivity index (χ4v) is 6.91. The molecule has 2 heterocycles. The van der Waals surface area contributed by atoms with Crippen molar-refractivity contribution in [2.75, 3.05) is 26.3 Å². The molecular formula is C31H49FN4O3Si. The Hall–Kier alpha value is -2.23. The standard InChI is InChI=1S/C31H49FN4O3Si/c1-6-33-31(37)36-16-8-11-28(30-23(2)20-35(34-30)22-38-17-18-40(3,4)5)29(36)21-39-27-14-12-24(13-15-27)25-9-7-10-26(32)19-25/h7,9-10,19-20,24,27-29H,6,8,11-18,21-22H2,1-5H3,(H,33,37). The number of nitrogens with one attached hydrogen (secondary N) is 1. The maximum absolute atomic E-state index is 13.7. The Morgan fingerprint density at radius 2 is 1.95 bits per heavy atom. The molecule has 1 aromatic heterocycles. The number of nitrogens with zero attached hydrogens (tertiary/aromatic N) is 3. The van der Waals surface area contributed by atoms with Crippen molar-refractivity contribution in [3.63, 3.8) is 0 Å². The summed E-state index contributed by atoms with van der Waals surface area (Å²) in [5.74, 6) is 0.327. The quantitative estimate of drug-likeness (QED) is 0.241. The largest absolute Gasteiger partial charge is 0.376 e. The van der Waals surface area contributed by atoms with Crippen LogP contribution in [0.25, 0.3) is 0 Å². The molecule has 1 aliphatic heterocycles.